The molecule has 0 saturated carbocycles. The lowest BCUT2D eigenvalue weighted by Gasteiger charge is -2.38. The largest absolute Gasteiger partial charge is 0.494 e. The molecule has 1 unspecified atom stereocenters. The monoisotopic (exact) mass is 266 g/mol. The minimum absolute atomic E-state index is 0.136. The van der Waals surface area contributed by atoms with E-state index in [1.807, 2.05) is 6.07 Å². The fourth-order valence-corrected chi connectivity index (χ4v) is 2.86. The van der Waals surface area contributed by atoms with E-state index in [4.69, 9.17) is 10.5 Å². The molecule has 0 spiro atoms. The number of piperidine rings is 1. The van der Waals surface area contributed by atoms with Crippen molar-refractivity contribution in [3.63, 3.8) is 0 Å². The Bertz CT molecular complexity index is 438. The molecule has 0 amide bonds. The van der Waals surface area contributed by atoms with Gasteiger partial charge in [0.15, 0.2) is 11.6 Å². The average Bonchev–Trinajstić information content (AvgIpc) is 2.36. The number of aryl methyl sites for hydroxylation is 1. The van der Waals surface area contributed by atoms with Gasteiger partial charge in [0.2, 0.25) is 0 Å². The molecule has 4 heteroatoms. The maximum atomic E-state index is 13.6. The molecule has 0 aromatic heterocycles. The molecule has 2 N–H and O–H groups in total. The Kier molecular flexibility index (Phi) is 4.42. The Labute approximate surface area is 114 Å². The van der Waals surface area contributed by atoms with E-state index < -0.39 is 0 Å². The van der Waals surface area contributed by atoms with Crippen LogP contribution in [0, 0.1) is 5.82 Å². The standard InChI is InChI=1S/C15H23FN2O/c1-18-9-3-7-15(17,11-18)8-6-12-4-5-14(19-2)13(16)10-12/h4-5,10H,3,6-9,11,17H2,1-2H3. The number of hydrogen-bond acceptors (Lipinski definition) is 3. The van der Waals surface area contributed by atoms with E-state index in [-0.39, 0.29) is 11.4 Å². The highest BCUT2D eigenvalue weighted by molar-refractivity contribution is 5.29. The summed E-state index contributed by atoms with van der Waals surface area (Å²) < 4.78 is 18.5. The molecule has 106 valence electrons. The highest BCUT2D eigenvalue weighted by Gasteiger charge is 2.29. The molecule has 1 atom stereocenters. The number of nitrogens with zero attached hydrogens (tertiary/aromatic N) is 1. The number of ether oxygens (including phenoxy) is 1. The zero-order valence-electron chi connectivity index (χ0n) is 11.8. The van der Waals surface area contributed by atoms with Crippen LogP contribution in [0.3, 0.4) is 0 Å². The van der Waals surface area contributed by atoms with E-state index in [1.54, 1.807) is 12.1 Å². The van der Waals surface area contributed by atoms with Crippen molar-refractivity contribution in [2.75, 3.05) is 27.2 Å². The van der Waals surface area contributed by atoms with Crippen molar-refractivity contribution >= 4 is 0 Å². The number of rotatable bonds is 4. The molecule has 0 radical (unpaired) electrons. The van der Waals surface area contributed by atoms with Gasteiger partial charge >= 0.3 is 0 Å². The Morgan fingerprint density at radius 1 is 1.47 bits per heavy atom. The third-order valence-electron chi connectivity index (χ3n) is 3.93. The SMILES string of the molecule is COc1ccc(CCC2(N)CCCN(C)C2)cc1F. The summed E-state index contributed by atoms with van der Waals surface area (Å²) in [5.41, 5.74) is 7.28. The highest BCUT2D eigenvalue weighted by atomic mass is 19.1. The molecule has 3 nitrogen and oxygen atoms in total. The molecule has 1 heterocycles. The first kappa shape index (κ1) is 14.3. The van der Waals surface area contributed by atoms with Crippen molar-refractivity contribution < 1.29 is 9.13 Å². The van der Waals surface area contributed by atoms with Crippen LogP contribution in [-0.4, -0.2) is 37.7 Å². The lowest BCUT2D eigenvalue weighted by atomic mass is 9.85. The first-order valence-electron chi connectivity index (χ1n) is 6.82. The third-order valence-corrected chi connectivity index (χ3v) is 3.93. The summed E-state index contributed by atoms with van der Waals surface area (Å²) in [5, 5.41) is 0. The van der Waals surface area contributed by atoms with Crippen molar-refractivity contribution in [1.29, 1.82) is 0 Å². The molecule has 1 fully saturated rings. The van der Waals surface area contributed by atoms with Crippen LogP contribution in [0.2, 0.25) is 0 Å². The summed E-state index contributed by atoms with van der Waals surface area (Å²) in [6, 6.07) is 5.15. The molecule has 1 saturated heterocycles. The molecule has 1 aromatic rings. The van der Waals surface area contributed by atoms with E-state index in [9.17, 15) is 4.39 Å². The van der Waals surface area contributed by atoms with Gasteiger partial charge in [-0.2, -0.15) is 0 Å². The van der Waals surface area contributed by atoms with Gasteiger partial charge in [-0.25, -0.2) is 4.39 Å². The summed E-state index contributed by atoms with van der Waals surface area (Å²) in [5.74, 6) is -0.00422. The second-order valence-electron chi connectivity index (χ2n) is 5.67. The smallest absolute Gasteiger partial charge is 0.165 e. The summed E-state index contributed by atoms with van der Waals surface area (Å²) >= 11 is 0. The lowest BCUT2D eigenvalue weighted by molar-refractivity contribution is 0.170. The van der Waals surface area contributed by atoms with Gasteiger partial charge in [0.1, 0.15) is 0 Å². The number of nitrogens with two attached hydrogens (primary N) is 1. The second kappa shape index (κ2) is 5.88. The molecule has 1 aliphatic rings. The summed E-state index contributed by atoms with van der Waals surface area (Å²) in [4.78, 5) is 2.28. The van der Waals surface area contributed by atoms with Crippen molar-refractivity contribution in [1.82, 2.24) is 4.90 Å². The van der Waals surface area contributed by atoms with Gasteiger partial charge in [-0.3, -0.25) is 0 Å². The van der Waals surface area contributed by atoms with Crippen molar-refractivity contribution in [2.45, 2.75) is 31.2 Å². The minimum Gasteiger partial charge on any atom is -0.494 e. The maximum absolute atomic E-state index is 13.6. The molecule has 19 heavy (non-hydrogen) atoms. The predicted octanol–water partition coefficient (Wildman–Crippen LogP) is 2.19. The summed E-state index contributed by atoms with van der Waals surface area (Å²) in [6.07, 6.45) is 3.90. The minimum atomic E-state index is -0.299. The number of halogens is 1. The van der Waals surface area contributed by atoms with E-state index in [0.29, 0.717) is 5.75 Å². The van der Waals surface area contributed by atoms with Crippen molar-refractivity contribution in [3.05, 3.63) is 29.6 Å². The first-order chi connectivity index (χ1) is 9.02. The van der Waals surface area contributed by atoms with Crippen LogP contribution in [0.15, 0.2) is 18.2 Å². The number of likely N-dealkylation sites (N-methyl/N-ethyl adjacent to an activating group) is 1. The van der Waals surface area contributed by atoms with Crippen LogP contribution < -0.4 is 10.5 Å². The van der Waals surface area contributed by atoms with Crippen LogP contribution >= 0.6 is 0 Å². The van der Waals surface area contributed by atoms with E-state index in [0.717, 1.165) is 44.3 Å². The quantitative estimate of drug-likeness (QED) is 0.908. The number of methoxy groups -OCH3 is 1. The van der Waals surface area contributed by atoms with Crippen LogP contribution in [0.4, 0.5) is 4.39 Å². The van der Waals surface area contributed by atoms with Gasteiger partial charge < -0.3 is 15.4 Å². The van der Waals surface area contributed by atoms with Crippen LogP contribution in [0.5, 0.6) is 5.75 Å². The average molecular weight is 266 g/mol. The van der Waals surface area contributed by atoms with E-state index in [1.165, 1.54) is 7.11 Å². The van der Waals surface area contributed by atoms with Crippen LogP contribution in [-0.2, 0) is 6.42 Å². The fraction of sp³-hybridized carbons (Fsp3) is 0.600. The number of hydrogen-bond donors (Lipinski definition) is 1. The zero-order chi connectivity index (χ0) is 13.9. The van der Waals surface area contributed by atoms with E-state index >= 15 is 0 Å². The molecule has 0 aliphatic carbocycles. The Balaban J connectivity index is 1.96. The van der Waals surface area contributed by atoms with Crippen molar-refractivity contribution in [3.8, 4) is 5.75 Å². The Morgan fingerprint density at radius 2 is 2.26 bits per heavy atom. The molecule has 0 bridgehead atoms. The number of likely N-dealkylation sites (tertiary alicyclic amines) is 1. The molecule has 2 rings (SSSR count). The van der Waals surface area contributed by atoms with Gasteiger partial charge in [0.25, 0.3) is 0 Å². The molecule has 1 aliphatic heterocycles. The molecular weight excluding hydrogens is 243 g/mol. The Hall–Kier alpha value is -1.13. The van der Waals surface area contributed by atoms with Gasteiger partial charge in [0, 0.05) is 12.1 Å². The topological polar surface area (TPSA) is 38.5 Å². The van der Waals surface area contributed by atoms with Gasteiger partial charge in [0.05, 0.1) is 7.11 Å². The Morgan fingerprint density at radius 3 is 2.89 bits per heavy atom. The van der Waals surface area contributed by atoms with Gasteiger partial charge in [-0.05, 0) is 57.0 Å². The fourth-order valence-electron chi connectivity index (χ4n) is 2.86. The van der Waals surface area contributed by atoms with Crippen molar-refractivity contribution in [2.24, 2.45) is 5.73 Å². The summed E-state index contributed by atoms with van der Waals surface area (Å²) in [7, 11) is 3.58. The van der Waals surface area contributed by atoms with Crippen LogP contribution in [0.25, 0.3) is 0 Å². The molecular formula is C15H23FN2O. The highest BCUT2D eigenvalue weighted by Crippen LogP contribution is 2.24. The first-order valence-corrected chi connectivity index (χ1v) is 6.82. The second-order valence-corrected chi connectivity index (χ2v) is 5.67. The normalized spacial score (nSPS) is 24.4. The number of benzene rings is 1. The maximum Gasteiger partial charge on any atom is 0.165 e. The third kappa shape index (κ3) is 3.67. The van der Waals surface area contributed by atoms with Crippen LogP contribution in [0.1, 0.15) is 24.8 Å². The van der Waals surface area contributed by atoms with Gasteiger partial charge in [-0.15, -0.1) is 0 Å². The zero-order valence-corrected chi connectivity index (χ0v) is 11.8. The predicted molar refractivity (Wildman–Crippen MR) is 74.9 cm³/mol. The molecule has 1 aromatic carbocycles. The lowest BCUT2D eigenvalue weighted by Crippen LogP contribution is -2.53. The summed E-state index contributed by atoms with van der Waals surface area (Å²) in [6.45, 7) is 2.04. The van der Waals surface area contributed by atoms with E-state index in [2.05, 4.69) is 11.9 Å². The van der Waals surface area contributed by atoms with Gasteiger partial charge in [-0.1, -0.05) is 6.07 Å².